The Kier molecular flexibility index (Phi) is 4.20. The van der Waals surface area contributed by atoms with E-state index < -0.39 is 6.04 Å². The second kappa shape index (κ2) is 6.14. The summed E-state index contributed by atoms with van der Waals surface area (Å²) in [5, 5.41) is 0. The van der Waals surface area contributed by atoms with Crippen molar-refractivity contribution in [1.82, 2.24) is 9.80 Å². The zero-order valence-corrected chi connectivity index (χ0v) is 13.6. The van der Waals surface area contributed by atoms with E-state index in [2.05, 4.69) is 0 Å². The fourth-order valence-corrected chi connectivity index (χ4v) is 3.42. The van der Waals surface area contributed by atoms with Crippen molar-refractivity contribution in [2.75, 3.05) is 13.1 Å². The van der Waals surface area contributed by atoms with Gasteiger partial charge in [-0.25, -0.2) is 0 Å². The number of imide groups is 1. The number of hydrogen-bond donors (Lipinski definition) is 0. The predicted octanol–water partition coefficient (Wildman–Crippen LogP) is 2.32. The first-order valence-electron chi connectivity index (χ1n) is 8.32. The van der Waals surface area contributed by atoms with Crippen LogP contribution in [0.25, 0.3) is 0 Å². The molecule has 5 nitrogen and oxygen atoms in total. The Morgan fingerprint density at radius 2 is 1.61 bits per heavy atom. The summed E-state index contributed by atoms with van der Waals surface area (Å²) in [5.41, 5.74) is 0.806. The van der Waals surface area contributed by atoms with Crippen molar-refractivity contribution >= 4 is 17.7 Å². The zero-order valence-electron chi connectivity index (χ0n) is 13.6. The third kappa shape index (κ3) is 2.54. The van der Waals surface area contributed by atoms with Gasteiger partial charge in [-0.05, 0) is 30.9 Å². The van der Waals surface area contributed by atoms with Crippen LogP contribution in [0.5, 0.6) is 0 Å². The Hall–Kier alpha value is -2.17. The van der Waals surface area contributed by atoms with Crippen LogP contribution in [0.1, 0.15) is 53.8 Å². The fraction of sp³-hybridized carbons (Fsp3) is 0.500. The second-order valence-corrected chi connectivity index (χ2v) is 6.39. The van der Waals surface area contributed by atoms with E-state index in [1.165, 1.54) is 4.90 Å². The summed E-state index contributed by atoms with van der Waals surface area (Å²) >= 11 is 0. The summed E-state index contributed by atoms with van der Waals surface area (Å²) in [4.78, 5) is 41.4. The number of hydrogen-bond acceptors (Lipinski definition) is 3. The van der Waals surface area contributed by atoms with Crippen molar-refractivity contribution in [3.8, 4) is 0 Å². The van der Waals surface area contributed by atoms with Crippen molar-refractivity contribution in [2.24, 2.45) is 5.92 Å². The molecule has 1 fully saturated rings. The van der Waals surface area contributed by atoms with Crippen LogP contribution in [0, 0.1) is 5.92 Å². The van der Waals surface area contributed by atoms with Crippen molar-refractivity contribution in [2.45, 2.75) is 39.2 Å². The summed E-state index contributed by atoms with van der Waals surface area (Å²) < 4.78 is 0. The fourth-order valence-electron chi connectivity index (χ4n) is 3.42. The van der Waals surface area contributed by atoms with Crippen LogP contribution in [-0.4, -0.2) is 46.7 Å². The highest BCUT2D eigenvalue weighted by Crippen LogP contribution is 2.29. The van der Waals surface area contributed by atoms with Gasteiger partial charge in [0.2, 0.25) is 5.91 Å². The smallest absolute Gasteiger partial charge is 0.262 e. The maximum Gasteiger partial charge on any atom is 0.262 e. The predicted molar refractivity (Wildman–Crippen MR) is 86.0 cm³/mol. The first-order valence-corrected chi connectivity index (χ1v) is 8.32. The number of fused-ring (bicyclic) bond motifs is 1. The lowest BCUT2D eigenvalue weighted by molar-refractivity contribution is -0.136. The Balaban J connectivity index is 1.96. The molecule has 0 aliphatic carbocycles. The van der Waals surface area contributed by atoms with Crippen LogP contribution < -0.4 is 0 Å². The van der Waals surface area contributed by atoms with E-state index in [1.54, 1.807) is 29.2 Å². The Bertz CT molecular complexity index is 614. The molecule has 1 aromatic carbocycles. The molecule has 0 unspecified atom stereocenters. The van der Waals surface area contributed by atoms with Gasteiger partial charge in [0.15, 0.2) is 0 Å². The van der Waals surface area contributed by atoms with Crippen LogP contribution in [0.2, 0.25) is 0 Å². The van der Waals surface area contributed by atoms with Gasteiger partial charge in [0.25, 0.3) is 11.8 Å². The molecule has 0 spiro atoms. The zero-order chi connectivity index (χ0) is 16.6. The molecule has 2 heterocycles. The quantitative estimate of drug-likeness (QED) is 0.801. The minimum absolute atomic E-state index is 0.0645. The average Bonchev–Trinajstić information content (AvgIpc) is 3.18. The van der Waals surface area contributed by atoms with Gasteiger partial charge in [-0.2, -0.15) is 0 Å². The van der Waals surface area contributed by atoms with E-state index in [4.69, 9.17) is 0 Å². The second-order valence-electron chi connectivity index (χ2n) is 6.39. The maximum absolute atomic E-state index is 13.0. The summed E-state index contributed by atoms with van der Waals surface area (Å²) in [5.74, 6) is -0.844. The van der Waals surface area contributed by atoms with Crippen LogP contribution >= 0.6 is 0 Å². The molecule has 0 aromatic heterocycles. The molecule has 5 heteroatoms. The first-order chi connectivity index (χ1) is 11.1. The Labute approximate surface area is 136 Å². The Morgan fingerprint density at radius 3 is 2.09 bits per heavy atom. The lowest BCUT2D eigenvalue weighted by Crippen LogP contribution is -2.53. The van der Waals surface area contributed by atoms with Gasteiger partial charge >= 0.3 is 0 Å². The average molecular weight is 314 g/mol. The SMILES string of the molecule is CC[C@@H](C)[C@@H](C(=O)N1CCCC1)N1C(=O)c2ccccc2C1=O. The maximum atomic E-state index is 13.0. The molecule has 122 valence electrons. The van der Waals surface area contributed by atoms with Crippen molar-refractivity contribution < 1.29 is 14.4 Å². The number of rotatable bonds is 4. The minimum Gasteiger partial charge on any atom is -0.341 e. The largest absolute Gasteiger partial charge is 0.341 e. The number of nitrogens with zero attached hydrogens (tertiary/aromatic N) is 2. The van der Waals surface area contributed by atoms with Gasteiger partial charge < -0.3 is 4.90 Å². The summed E-state index contributed by atoms with van der Waals surface area (Å²) in [6, 6.07) is 6.10. The van der Waals surface area contributed by atoms with Crippen LogP contribution in [0.15, 0.2) is 24.3 Å². The molecule has 23 heavy (non-hydrogen) atoms. The van der Waals surface area contributed by atoms with Gasteiger partial charge in [-0.15, -0.1) is 0 Å². The molecule has 0 saturated carbocycles. The van der Waals surface area contributed by atoms with Crippen molar-refractivity contribution in [3.63, 3.8) is 0 Å². The normalized spacial score (nSPS) is 19.9. The van der Waals surface area contributed by atoms with E-state index in [0.29, 0.717) is 11.1 Å². The van der Waals surface area contributed by atoms with E-state index in [9.17, 15) is 14.4 Å². The summed E-state index contributed by atoms with van der Waals surface area (Å²) in [7, 11) is 0. The van der Waals surface area contributed by atoms with Crippen LogP contribution in [-0.2, 0) is 4.79 Å². The number of benzene rings is 1. The highest BCUT2D eigenvalue weighted by molar-refractivity contribution is 6.22. The molecular formula is C18H22N2O3. The number of likely N-dealkylation sites (tertiary alicyclic amines) is 1. The molecule has 0 radical (unpaired) electrons. The molecule has 3 rings (SSSR count). The van der Waals surface area contributed by atoms with Crippen molar-refractivity contribution in [3.05, 3.63) is 35.4 Å². The molecular weight excluding hydrogens is 292 g/mol. The molecule has 2 aliphatic rings. The number of carbonyl (C=O) groups excluding carboxylic acids is 3. The standard InChI is InChI=1S/C18H22N2O3/c1-3-12(2)15(18(23)19-10-6-7-11-19)20-16(21)13-8-4-5-9-14(13)17(20)22/h4-5,8-9,12,15H,3,6-7,10-11H2,1-2H3/t12-,15+/m1/s1. The third-order valence-corrected chi connectivity index (χ3v) is 4.96. The van der Waals surface area contributed by atoms with E-state index in [0.717, 1.165) is 32.4 Å². The van der Waals surface area contributed by atoms with Gasteiger partial charge in [0, 0.05) is 13.1 Å². The van der Waals surface area contributed by atoms with Gasteiger partial charge in [-0.1, -0.05) is 32.4 Å². The molecule has 1 aromatic rings. The van der Waals surface area contributed by atoms with Crippen LogP contribution in [0.4, 0.5) is 0 Å². The highest BCUT2D eigenvalue weighted by atomic mass is 16.2. The van der Waals surface area contributed by atoms with Crippen LogP contribution in [0.3, 0.4) is 0 Å². The molecule has 2 atom stereocenters. The Morgan fingerprint density at radius 1 is 1.09 bits per heavy atom. The number of carbonyl (C=O) groups is 3. The molecule has 0 bridgehead atoms. The third-order valence-electron chi connectivity index (χ3n) is 4.96. The van der Waals surface area contributed by atoms with E-state index in [1.807, 2.05) is 13.8 Å². The monoisotopic (exact) mass is 314 g/mol. The minimum atomic E-state index is -0.703. The molecule has 1 saturated heterocycles. The molecule has 2 aliphatic heterocycles. The molecule has 3 amide bonds. The summed E-state index contributed by atoms with van der Waals surface area (Å²) in [6.45, 7) is 5.35. The lowest BCUT2D eigenvalue weighted by Gasteiger charge is -2.32. The van der Waals surface area contributed by atoms with Gasteiger partial charge in [0.1, 0.15) is 6.04 Å². The first kappa shape index (κ1) is 15.7. The van der Waals surface area contributed by atoms with E-state index >= 15 is 0 Å². The topological polar surface area (TPSA) is 57.7 Å². The lowest BCUT2D eigenvalue weighted by atomic mass is 9.96. The summed E-state index contributed by atoms with van der Waals surface area (Å²) in [6.07, 6.45) is 2.71. The number of amides is 3. The van der Waals surface area contributed by atoms with Gasteiger partial charge in [-0.3, -0.25) is 19.3 Å². The van der Waals surface area contributed by atoms with Gasteiger partial charge in [0.05, 0.1) is 11.1 Å². The van der Waals surface area contributed by atoms with E-state index in [-0.39, 0.29) is 23.6 Å². The van der Waals surface area contributed by atoms with Crippen molar-refractivity contribution in [1.29, 1.82) is 0 Å². The molecule has 0 N–H and O–H groups in total. The highest BCUT2D eigenvalue weighted by Gasteiger charge is 2.45.